The second-order valence-electron chi connectivity index (χ2n) is 7.63. The van der Waals surface area contributed by atoms with Gasteiger partial charge in [-0.3, -0.25) is 0 Å². The molecule has 2 aliphatic heterocycles. The SMILES string of the molecule is O=S(=O)(Oc1ccccc1)[C@H]1C[C@H]2O[C@@H]1C(c1cccc(O)c1)=C2c1ccc(O)cc1. The minimum Gasteiger partial charge on any atom is -0.508 e. The molecule has 2 heterocycles. The molecular weight excluding hydrogens is 416 g/mol. The number of fused-ring (bicyclic) bond motifs is 2. The van der Waals surface area contributed by atoms with Crippen LogP contribution in [-0.4, -0.2) is 36.1 Å². The lowest BCUT2D eigenvalue weighted by Gasteiger charge is -2.24. The molecule has 0 saturated carbocycles. The summed E-state index contributed by atoms with van der Waals surface area (Å²) < 4.78 is 37.8. The first kappa shape index (κ1) is 19.7. The quantitative estimate of drug-likeness (QED) is 0.588. The molecule has 0 spiro atoms. The van der Waals surface area contributed by atoms with E-state index in [2.05, 4.69) is 0 Å². The van der Waals surface area contributed by atoms with Gasteiger partial charge in [-0.15, -0.1) is 0 Å². The van der Waals surface area contributed by atoms with Crippen LogP contribution >= 0.6 is 0 Å². The van der Waals surface area contributed by atoms with Crippen molar-refractivity contribution in [1.82, 2.24) is 0 Å². The molecule has 3 aromatic rings. The third-order valence-corrected chi connectivity index (χ3v) is 7.26. The van der Waals surface area contributed by atoms with Crippen LogP contribution in [0, 0.1) is 0 Å². The molecule has 2 bridgehead atoms. The van der Waals surface area contributed by atoms with Crippen molar-refractivity contribution in [3.63, 3.8) is 0 Å². The van der Waals surface area contributed by atoms with Gasteiger partial charge in [-0.2, -0.15) is 8.42 Å². The summed E-state index contributed by atoms with van der Waals surface area (Å²) in [4.78, 5) is 0. The van der Waals surface area contributed by atoms with Crippen LogP contribution in [0.25, 0.3) is 11.1 Å². The lowest BCUT2D eigenvalue weighted by Crippen LogP contribution is -2.35. The van der Waals surface area contributed by atoms with Gasteiger partial charge in [0.1, 0.15) is 28.6 Å². The van der Waals surface area contributed by atoms with Crippen molar-refractivity contribution in [2.24, 2.45) is 0 Å². The Kier molecular flexibility index (Phi) is 4.72. The molecule has 6 nitrogen and oxygen atoms in total. The topological polar surface area (TPSA) is 93.1 Å². The maximum atomic E-state index is 13.1. The highest BCUT2D eigenvalue weighted by molar-refractivity contribution is 7.87. The number of hydrogen-bond acceptors (Lipinski definition) is 6. The highest BCUT2D eigenvalue weighted by Crippen LogP contribution is 2.51. The Balaban J connectivity index is 1.59. The van der Waals surface area contributed by atoms with Crippen LogP contribution in [0.4, 0.5) is 0 Å². The summed E-state index contributed by atoms with van der Waals surface area (Å²) in [7, 11) is -3.97. The molecule has 5 rings (SSSR count). The summed E-state index contributed by atoms with van der Waals surface area (Å²) in [5.41, 5.74) is 3.10. The predicted octanol–water partition coefficient (Wildman–Crippen LogP) is 3.96. The van der Waals surface area contributed by atoms with E-state index in [-0.39, 0.29) is 23.7 Å². The largest absolute Gasteiger partial charge is 0.508 e. The van der Waals surface area contributed by atoms with Gasteiger partial charge in [0.25, 0.3) is 0 Å². The molecule has 3 atom stereocenters. The molecule has 7 heteroatoms. The van der Waals surface area contributed by atoms with Crippen molar-refractivity contribution in [1.29, 1.82) is 0 Å². The van der Waals surface area contributed by atoms with E-state index in [1.54, 1.807) is 72.8 Å². The Bertz CT molecular complexity index is 1250. The summed E-state index contributed by atoms with van der Waals surface area (Å²) in [6.07, 6.45) is -0.909. The van der Waals surface area contributed by atoms with Crippen molar-refractivity contribution in [2.45, 2.75) is 23.9 Å². The van der Waals surface area contributed by atoms with Crippen LogP contribution in [0.1, 0.15) is 17.5 Å². The summed E-state index contributed by atoms with van der Waals surface area (Å²) in [6.45, 7) is 0. The first-order valence-electron chi connectivity index (χ1n) is 9.89. The average molecular weight is 436 g/mol. The van der Waals surface area contributed by atoms with Gasteiger partial charge in [-0.25, -0.2) is 0 Å². The zero-order valence-corrected chi connectivity index (χ0v) is 17.2. The Morgan fingerprint density at radius 3 is 2.26 bits per heavy atom. The smallest absolute Gasteiger partial charge is 0.315 e. The van der Waals surface area contributed by atoms with E-state index in [1.165, 1.54) is 0 Å². The lowest BCUT2D eigenvalue weighted by atomic mass is 9.83. The monoisotopic (exact) mass is 436 g/mol. The Labute approximate surface area is 180 Å². The minimum absolute atomic E-state index is 0.0813. The van der Waals surface area contributed by atoms with Gasteiger partial charge in [0.05, 0.1) is 6.10 Å². The fraction of sp³-hybridized carbons (Fsp3) is 0.167. The van der Waals surface area contributed by atoms with Gasteiger partial charge in [0.15, 0.2) is 0 Å². The number of benzene rings is 3. The second kappa shape index (κ2) is 7.44. The number of hydrogen-bond donors (Lipinski definition) is 2. The van der Waals surface area contributed by atoms with Crippen LogP contribution in [-0.2, 0) is 14.9 Å². The fourth-order valence-corrected chi connectivity index (χ4v) is 5.75. The van der Waals surface area contributed by atoms with Crippen molar-refractivity contribution in [3.05, 3.63) is 90.0 Å². The molecule has 3 aromatic carbocycles. The number of rotatable bonds is 5. The Hall–Kier alpha value is -3.29. The van der Waals surface area contributed by atoms with E-state index in [0.29, 0.717) is 11.1 Å². The van der Waals surface area contributed by atoms with Crippen molar-refractivity contribution in [3.8, 4) is 17.2 Å². The van der Waals surface area contributed by atoms with Crippen LogP contribution in [0.3, 0.4) is 0 Å². The number of aromatic hydroxyl groups is 2. The number of phenolic OH excluding ortho intramolecular Hbond substituents is 2. The highest BCUT2D eigenvalue weighted by atomic mass is 32.2. The van der Waals surface area contributed by atoms with E-state index < -0.39 is 27.6 Å². The molecular formula is C24H20O6S. The van der Waals surface area contributed by atoms with Crippen LogP contribution < -0.4 is 4.18 Å². The molecule has 0 aromatic heterocycles. The van der Waals surface area contributed by atoms with E-state index in [1.807, 2.05) is 6.07 Å². The van der Waals surface area contributed by atoms with Gasteiger partial charge >= 0.3 is 10.1 Å². The third-order valence-electron chi connectivity index (χ3n) is 5.65. The third kappa shape index (κ3) is 3.56. The molecule has 1 fully saturated rings. The van der Waals surface area contributed by atoms with Gasteiger partial charge in [0.2, 0.25) is 0 Å². The summed E-state index contributed by atoms with van der Waals surface area (Å²) in [6, 6.07) is 21.8. The Morgan fingerprint density at radius 1 is 0.806 bits per heavy atom. The summed E-state index contributed by atoms with van der Waals surface area (Å²) in [5, 5.41) is 18.8. The standard InChI is InChI=1S/C24H20O6S/c25-17-11-9-15(10-12-17)22-20-14-21(31(27,28)30-19-7-2-1-3-8-19)24(29-20)23(22)16-5-4-6-18(26)13-16/h1-13,20-21,24-26H,14H2/t20-,21+,24+/m1/s1. The van der Waals surface area contributed by atoms with Crippen LogP contribution in [0.2, 0.25) is 0 Å². The highest BCUT2D eigenvalue weighted by Gasteiger charge is 2.53. The van der Waals surface area contributed by atoms with Gasteiger partial charge in [-0.05, 0) is 58.7 Å². The molecule has 2 aliphatic rings. The summed E-state index contributed by atoms with van der Waals surface area (Å²) >= 11 is 0. The van der Waals surface area contributed by atoms with Gasteiger partial charge in [-0.1, -0.05) is 42.5 Å². The molecule has 0 amide bonds. The average Bonchev–Trinajstić information content (AvgIpc) is 3.34. The number of para-hydroxylation sites is 1. The zero-order valence-electron chi connectivity index (χ0n) is 16.4. The zero-order chi connectivity index (χ0) is 21.6. The van der Waals surface area contributed by atoms with Crippen LogP contribution in [0.5, 0.6) is 17.2 Å². The molecule has 2 N–H and O–H groups in total. The molecule has 31 heavy (non-hydrogen) atoms. The van der Waals surface area contributed by atoms with Crippen molar-refractivity contribution >= 4 is 21.3 Å². The normalized spacial score (nSPS) is 22.6. The van der Waals surface area contributed by atoms with Gasteiger partial charge < -0.3 is 19.1 Å². The molecule has 158 valence electrons. The first-order valence-corrected chi connectivity index (χ1v) is 11.4. The first-order chi connectivity index (χ1) is 14.9. The number of ether oxygens (including phenoxy) is 1. The fourth-order valence-electron chi connectivity index (χ4n) is 4.34. The second-order valence-corrected chi connectivity index (χ2v) is 9.39. The van der Waals surface area contributed by atoms with E-state index in [4.69, 9.17) is 8.92 Å². The van der Waals surface area contributed by atoms with E-state index in [9.17, 15) is 18.6 Å². The number of phenols is 2. The molecule has 0 unspecified atom stereocenters. The van der Waals surface area contributed by atoms with E-state index >= 15 is 0 Å². The van der Waals surface area contributed by atoms with Crippen LogP contribution in [0.15, 0.2) is 78.9 Å². The maximum Gasteiger partial charge on any atom is 0.315 e. The lowest BCUT2D eigenvalue weighted by molar-refractivity contribution is 0.128. The summed E-state index contributed by atoms with van der Waals surface area (Å²) in [5.74, 6) is 0.480. The van der Waals surface area contributed by atoms with Crippen molar-refractivity contribution < 1.29 is 27.6 Å². The molecule has 0 aliphatic carbocycles. The Morgan fingerprint density at radius 2 is 1.55 bits per heavy atom. The maximum absolute atomic E-state index is 13.1. The van der Waals surface area contributed by atoms with E-state index in [0.717, 1.165) is 11.1 Å². The molecule has 0 radical (unpaired) electrons. The minimum atomic E-state index is -3.97. The van der Waals surface area contributed by atoms with Gasteiger partial charge in [0, 0.05) is 6.42 Å². The predicted molar refractivity (Wildman–Crippen MR) is 116 cm³/mol. The van der Waals surface area contributed by atoms with Crippen molar-refractivity contribution in [2.75, 3.05) is 0 Å². The molecule has 1 saturated heterocycles.